The van der Waals surface area contributed by atoms with Crippen LogP contribution < -0.4 is 10.7 Å². The van der Waals surface area contributed by atoms with Gasteiger partial charge in [-0.15, -0.1) is 0 Å². The highest BCUT2D eigenvalue weighted by Crippen LogP contribution is 2.29. The molecule has 0 amide bonds. The number of rotatable bonds is 7. The molecule has 0 saturated carbocycles. The lowest BCUT2D eigenvalue weighted by Gasteiger charge is -2.20. The first-order valence-electron chi connectivity index (χ1n) is 9.41. The van der Waals surface area contributed by atoms with E-state index in [2.05, 4.69) is 30.6 Å². The van der Waals surface area contributed by atoms with Crippen molar-refractivity contribution in [3.63, 3.8) is 0 Å². The maximum absolute atomic E-state index is 13.3. The van der Waals surface area contributed by atoms with Crippen LogP contribution in [0.3, 0.4) is 0 Å². The predicted octanol–water partition coefficient (Wildman–Crippen LogP) is 4.02. The van der Waals surface area contributed by atoms with Gasteiger partial charge in [-0.3, -0.25) is 4.79 Å². The molecule has 0 saturated heterocycles. The van der Waals surface area contributed by atoms with Crippen molar-refractivity contribution in [2.24, 2.45) is 0 Å². The topological polar surface area (TPSA) is 57.5 Å². The van der Waals surface area contributed by atoms with Gasteiger partial charge < -0.3 is 19.9 Å². The van der Waals surface area contributed by atoms with E-state index in [-0.39, 0.29) is 11.2 Å². The fourth-order valence-corrected chi connectivity index (χ4v) is 3.63. The third kappa shape index (κ3) is 3.43. The quantitative estimate of drug-likeness (QED) is 0.621. The molecular weight excluding hydrogens is 338 g/mol. The number of aryl methyl sites for hydroxylation is 1. The van der Waals surface area contributed by atoms with Gasteiger partial charge in [-0.1, -0.05) is 26.5 Å². The maximum atomic E-state index is 13.3. The van der Waals surface area contributed by atoms with Crippen molar-refractivity contribution in [1.82, 2.24) is 9.47 Å². The molecule has 3 rings (SSSR count). The molecule has 0 unspecified atom stereocenters. The number of benzene rings is 2. The number of aromatic nitrogens is 1. The van der Waals surface area contributed by atoms with Gasteiger partial charge in [-0.25, -0.2) is 0 Å². The molecule has 0 atom stereocenters. The molecule has 5 nitrogen and oxygen atoms in total. The number of hydrogen-bond acceptors (Lipinski definition) is 4. The smallest absolute Gasteiger partial charge is 0.199 e. The first kappa shape index (κ1) is 19.0. The van der Waals surface area contributed by atoms with Gasteiger partial charge in [0.05, 0.1) is 21.8 Å². The van der Waals surface area contributed by atoms with Crippen molar-refractivity contribution in [2.75, 3.05) is 31.5 Å². The van der Waals surface area contributed by atoms with Crippen molar-refractivity contribution < 1.29 is 5.11 Å². The number of hydrogen-bond donors (Lipinski definition) is 2. The summed E-state index contributed by atoms with van der Waals surface area (Å²) < 4.78 is 1.93. The molecule has 0 bridgehead atoms. The SMILES string of the molecule is C=Cn1c2ccc(O)cc2c(=O)c2c(NCCN(CC)CC)ccc(C)c21. The van der Waals surface area contributed by atoms with E-state index in [1.807, 2.05) is 23.6 Å². The lowest BCUT2D eigenvalue weighted by Crippen LogP contribution is -2.28. The second kappa shape index (κ2) is 7.84. The fourth-order valence-electron chi connectivity index (χ4n) is 3.63. The normalized spacial score (nSPS) is 11.4. The Morgan fingerprint density at radius 3 is 2.63 bits per heavy atom. The predicted molar refractivity (Wildman–Crippen MR) is 115 cm³/mol. The van der Waals surface area contributed by atoms with Crippen LogP contribution in [0.1, 0.15) is 19.4 Å². The van der Waals surface area contributed by atoms with Crippen LogP contribution >= 0.6 is 0 Å². The minimum Gasteiger partial charge on any atom is -0.508 e. The second-order valence-electron chi connectivity index (χ2n) is 6.69. The molecule has 2 N–H and O–H groups in total. The number of anilines is 1. The molecule has 0 aliphatic heterocycles. The van der Waals surface area contributed by atoms with Gasteiger partial charge in [0.25, 0.3) is 0 Å². The molecule has 0 fully saturated rings. The highest BCUT2D eigenvalue weighted by molar-refractivity contribution is 6.02. The van der Waals surface area contributed by atoms with Crippen LogP contribution in [0.25, 0.3) is 28.0 Å². The Labute approximate surface area is 159 Å². The van der Waals surface area contributed by atoms with Crippen molar-refractivity contribution >= 4 is 33.7 Å². The number of aromatic hydroxyl groups is 1. The molecule has 2 aromatic carbocycles. The minimum absolute atomic E-state index is 0.0805. The summed E-state index contributed by atoms with van der Waals surface area (Å²) in [5, 5.41) is 14.4. The zero-order valence-electron chi connectivity index (χ0n) is 16.2. The van der Waals surface area contributed by atoms with Crippen LogP contribution in [0.5, 0.6) is 5.75 Å². The molecular formula is C22H27N3O2. The maximum Gasteiger partial charge on any atom is 0.199 e. The standard InChI is InChI=1S/C22H27N3O2/c1-5-24(6-2)13-12-23-18-10-8-15(4)21-20(18)22(27)17-14-16(26)9-11-19(17)25(21)7-3/h7-11,14,23,26H,3,5-6,12-13H2,1-2,4H3. The molecule has 0 spiro atoms. The molecule has 142 valence electrons. The number of pyridine rings is 1. The molecule has 0 radical (unpaired) electrons. The van der Waals surface area contributed by atoms with E-state index in [0.717, 1.165) is 48.5 Å². The summed E-state index contributed by atoms with van der Waals surface area (Å²) in [6, 6.07) is 8.86. The lowest BCUT2D eigenvalue weighted by atomic mass is 10.0. The third-order valence-electron chi connectivity index (χ3n) is 5.15. The second-order valence-corrected chi connectivity index (χ2v) is 6.69. The Morgan fingerprint density at radius 1 is 1.22 bits per heavy atom. The van der Waals surface area contributed by atoms with E-state index in [1.54, 1.807) is 18.3 Å². The number of likely N-dealkylation sites (N-methyl/N-ethyl adjacent to an activating group) is 1. The summed E-state index contributed by atoms with van der Waals surface area (Å²) in [6.07, 6.45) is 1.72. The van der Waals surface area contributed by atoms with Crippen LogP contribution in [0, 0.1) is 6.92 Å². The summed E-state index contributed by atoms with van der Waals surface area (Å²) >= 11 is 0. The van der Waals surface area contributed by atoms with Gasteiger partial charge >= 0.3 is 0 Å². The van der Waals surface area contributed by atoms with Crippen molar-refractivity contribution in [2.45, 2.75) is 20.8 Å². The Hall–Kier alpha value is -2.79. The van der Waals surface area contributed by atoms with E-state index < -0.39 is 0 Å². The average Bonchev–Trinajstić information content (AvgIpc) is 2.67. The zero-order valence-corrected chi connectivity index (χ0v) is 16.2. The van der Waals surface area contributed by atoms with Crippen LogP contribution in [-0.2, 0) is 0 Å². The van der Waals surface area contributed by atoms with Gasteiger partial charge in [-0.05, 0) is 49.8 Å². The van der Waals surface area contributed by atoms with E-state index in [4.69, 9.17) is 0 Å². The van der Waals surface area contributed by atoms with Gasteiger partial charge in [-0.2, -0.15) is 0 Å². The fraction of sp³-hybridized carbons (Fsp3) is 0.318. The molecule has 27 heavy (non-hydrogen) atoms. The Balaban J connectivity index is 2.20. The first-order chi connectivity index (χ1) is 13.0. The summed E-state index contributed by atoms with van der Waals surface area (Å²) in [7, 11) is 0. The summed E-state index contributed by atoms with van der Waals surface area (Å²) in [5.41, 5.74) is 3.33. The van der Waals surface area contributed by atoms with Gasteiger partial charge in [0.2, 0.25) is 0 Å². The van der Waals surface area contributed by atoms with E-state index >= 15 is 0 Å². The lowest BCUT2D eigenvalue weighted by molar-refractivity contribution is 0.316. The summed E-state index contributed by atoms with van der Waals surface area (Å²) in [5.74, 6) is 0.0817. The van der Waals surface area contributed by atoms with Crippen LogP contribution in [-0.4, -0.2) is 40.8 Å². The van der Waals surface area contributed by atoms with Crippen LogP contribution in [0.2, 0.25) is 0 Å². The Bertz CT molecular complexity index is 1050. The zero-order chi connectivity index (χ0) is 19.6. The third-order valence-corrected chi connectivity index (χ3v) is 5.15. The average molecular weight is 365 g/mol. The molecule has 5 heteroatoms. The number of nitrogens with one attached hydrogen (secondary N) is 1. The van der Waals surface area contributed by atoms with Crippen molar-refractivity contribution in [3.8, 4) is 5.75 Å². The van der Waals surface area contributed by atoms with Gasteiger partial charge in [0.1, 0.15) is 5.75 Å². The number of phenols is 1. The first-order valence-corrected chi connectivity index (χ1v) is 9.41. The highest BCUT2D eigenvalue weighted by Gasteiger charge is 2.15. The largest absolute Gasteiger partial charge is 0.508 e. The minimum atomic E-state index is -0.0805. The van der Waals surface area contributed by atoms with Crippen LogP contribution in [0.15, 0.2) is 41.7 Å². The molecule has 0 aliphatic carbocycles. The van der Waals surface area contributed by atoms with E-state index in [9.17, 15) is 9.90 Å². The monoisotopic (exact) mass is 365 g/mol. The highest BCUT2D eigenvalue weighted by atomic mass is 16.3. The Kier molecular flexibility index (Phi) is 5.51. The summed E-state index contributed by atoms with van der Waals surface area (Å²) in [4.78, 5) is 15.6. The van der Waals surface area contributed by atoms with E-state index in [0.29, 0.717) is 10.8 Å². The Morgan fingerprint density at radius 2 is 1.96 bits per heavy atom. The summed E-state index contributed by atoms with van der Waals surface area (Å²) in [6.45, 7) is 13.9. The van der Waals surface area contributed by atoms with Crippen molar-refractivity contribution in [1.29, 1.82) is 0 Å². The number of nitrogens with zero attached hydrogens (tertiary/aromatic N) is 2. The molecule has 1 aromatic heterocycles. The van der Waals surface area contributed by atoms with Crippen molar-refractivity contribution in [3.05, 3.63) is 52.7 Å². The van der Waals surface area contributed by atoms with Crippen LogP contribution in [0.4, 0.5) is 5.69 Å². The number of fused-ring (bicyclic) bond motifs is 2. The number of phenolic OH excluding ortho intramolecular Hbond substituents is 1. The van der Waals surface area contributed by atoms with Gasteiger partial charge in [0, 0.05) is 25.0 Å². The van der Waals surface area contributed by atoms with Gasteiger partial charge in [0.15, 0.2) is 5.43 Å². The molecule has 1 heterocycles. The molecule has 3 aromatic rings. The molecule has 0 aliphatic rings. The van der Waals surface area contributed by atoms with E-state index in [1.165, 1.54) is 6.07 Å².